The highest BCUT2D eigenvalue weighted by Gasteiger charge is 2.12. The molecule has 0 aliphatic rings. The van der Waals surface area contributed by atoms with Crippen LogP contribution in [0.5, 0.6) is 0 Å². The molecule has 1 N–H and O–H groups in total. The molecule has 2 rings (SSSR count). The molecule has 0 bridgehead atoms. The summed E-state index contributed by atoms with van der Waals surface area (Å²) in [4.78, 5) is 9.97. The first-order valence-electron chi connectivity index (χ1n) is 5.13. The van der Waals surface area contributed by atoms with Crippen molar-refractivity contribution in [3.05, 3.63) is 62.4 Å². The number of rotatable bonds is 3. The number of nitrogens with zero attached hydrogens (tertiary/aromatic N) is 1. The van der Waals surface area contributed by atoms with E-state index in [4.69, 9.17) is 23.2 Å². The summed E-state index contributed by atoms with van der Waals surface area (Å²) in [5, 5.41) is 14.1. The van der Waals surface area contributed by atoms with E-state index < -0.39 is 10.7 Å². The summed E-state index contributed by atoms with van der Waals surface area (Å²) in [5.41, 5.74) is 0.207. The van der Waals surface area contributed by atoms with Gasteiger partial charge in [-0.2, -0.15) is 0 Å². The zero-order valence-corrected chi connectivity index (χ0v) is 10.9. The Morgan fingerprint density at radius 1 is 1.16 bits per heavy atom. The second-order valence-corrected chi connectivity index (χ2v) is 4.49. The van der Waals surface area contributed by atoms with Crippen molar-refractivity contribution in [1.82, 2.24) is 0 Å². The molecule has 0 unspecified atom stereocenters. The lowest BCUT2D eigenvalue weighted by molar-refractivity contribution is -0.385. The minimum Gasteiger partial charge on any atom is -0.353 e. The van der Waals surface area contributed by atoms with E-state index in [1.54, 1.807) is 18.2 Å². The van der Waals surface area contributed by atoms with Crippen molar-refractivity contribution in [2.24, 2.45) is 0 Å². The van der Waals surface area contributed by atoms with Gasteiger partial charge >= 0.3 is 0 Å². The molecule has 0 saturated heterocycles. The molecule has 98 valence electrons. The Morgan fingerprint density at radius 3 is 2.37 bits per heavy atom. The molecule has 0 radical (unpaired) electrons. The fourth-order valence-electron chi connectivity index (χ4n) is 1.51. The Bertz CT molecular complexity index is 629. The maximum atomic E-state index is 13.3. The molecule has 0 heterocycles. The number of nitro groups is 1. The van der Waals surface area contributed by atoms with Crippen LogP contribution in [0.25, 0.3) is 0 Å². The molecule has 0 aliphatic carbocycles. The number of benzene rings is 2. The van der Waals surface area contributed by atoms with E-state index in [2.05, 4.69) is 5.32 Å². The minimum absolute atomic E-state index is 0.196. The van der Waals surface area contributed by atoms with Gasteiger partial charge in [-0.25, -0.2) is 4.39 Å². The zero-order valence-electron chi connectivity index (χ0n) is 9.36. The smallest absolute Gasteiger partial charge is 0.274 e. The summed E-state index contributed by atoms with van der Waals surface area (Å²) in [6.07, 6.45) is 0. The van der Waals surface area contributed by atoms with Gasteiger partial charge in [-0.1, -0.05) is 29.3 Å². The van der Waals surface area contributed by atoms with E-state index in [-0.39, 0.29) is 11.4 Å². The van der Waals surface area contributed by atoms with Crippen LogP contribution < -0.4 is 5.32 Å². The van der Waals surface area contributed by atoms with Gasteiger partial charge in [0, 0.05) is 11.8 Å². The number of hydrogen-bond acceptors (Lipinski definition) is 3. The summed E-state index contributed by atoms with van der Waals surface area (Å²) in [6, 6.07) is 8.01. The van der Waals surface area contributed by atoms with Crippen molar-refractivity contribution in [3.63, 3.8) is 0 Å². The third-order valence-corrected chi connectivity index (χ3v) is 2.96. The average Bonchev–Trinajstić information content (AvgIpc) is 2.33. The van der Waals surface area contributed by atoms with Crippen molar-refractivity contribution in [2.45, 2.75) is 0 Å². The fourth-order valence-corrected chi connectivity index (χ4v) is 2.01. The summed E-state index contributed by atoms with van der Waals surface area (Å²) in [7, 11) is 0. The zero-order chi connectivity index (χ0) is 14.0. The minimum atomic E-state index is -0.722. The van der Waals surface area contributed by atoms with Crippen molar-refractivity contribution >= 4 is 40.3 Å². The standard InChI is InChI=1S/C12H7Cl2FN2O2/c13-10-2-1-3-11(14)12(10)16-8-4-7(15)5-9(6-8)17(18)19/h1-6,16H. The molecule has 2 aromatic carbocycles. The fraction of sp³-hybridized carbons (Fsp3) is 0. The molecule has 0 aliphatic heterocycles. The molecule has 19 heavy (non-hydrogen) atoms. The van der Waals surface area contributed by atoms with Gasteiger partial charge in [0.1, 0.15) is 5.82 Å². The molecule has 2 aromatic rings. The molecule has 0 atom stereocenters. The molecular weight excluding hydrogens is 294 g/mol. The van der Waals surface area contributed by atoms with Crippen LogP contribution >= 0.6 is 23.2 Å². The monoisotopic (exact) mass is 300 g/mol. The number of nitro benzene ring substituents is 1. The first-order chi connectivity index (χ1) is 8.97. The molecule has 0 fully saturated rings. The number of para-hydroxylation sites is 1. The van der Waals surface area contributed by atoms with Gasteiger partial charge in [0.15, 0.2) is 0 Å². The highest BCUT2D eigenvalue weighted by atomic mass is 35.5. The highest BCUT2D eigenvalue weighted by molar-refractivity contribution is 6.39. The van der Waals surface area contributed by atoms with Crippen molar-refractivity contribution in [3.8, 4) is 0 Å². The summed E-state index contributed by atoms with van der Waals surface area (Å²) < 4.78 is 13.3. The van der Waals surface area contributed by atoms with Gasteiger partial charge in [0.05, 0.1) is 26.7 Å². The molecule has 0 spiro atoms. The van der Waals surface area contributed by atoms with E-state index in [1.165, 1.54) is 6.07 Å². The normalized spacial score (nSPS) is 10.3. The van der Waals surface area contributed by atoms with Gasteiger partial charge in [0.25, 0.3) is 5.69 Å². The molecule has 4 nitrogen and oxygen atoms in total. The van der Waals surface area contributed by atoms with Crippen molar-refractivity contribution in [2.75, 3.05) is 5.32 Å². The predicted octanol–water partition coefficient (Wildman–Crippen LogP) is 4.78. The van der Waals surface area contributed by atoms with Crippen molar-refractivity contribution in [1.29, 1.82) is 0 Å². The third-order valence-electron chi connectivity index (χ3n) is 2.33. The van der Waals surface area contributed by atoms with Crippen molar-refractivity contribution < 1.29 is 9.31 Å². The summed E-state index contributed by atoms with van der Waals surface area (Å²) in [5.74, 6) is -0.722. The Labute approximate surface area is 117 Å². The lowest BCUT2D eigenvalue weighted by Gasteiger charge is -2.10. The Hall–Kier alpha value is -1.85. The Morgan fingerprint density at radius 2 is 1.79 bits per heavy atom. The predicted molar refractivity (Wildman–Crippen MR) is 72.8 cm³/mol. The van der Waals surface area contributed by atoms with Gasteiger partial charge in [-0.05, 0) is 18.2 Å². The van der Waals surface area contributed by atoms with Gasteiger partial charge < -0.3 is 5.32 Å². The first-order valence-corrected chi connectivity index (χ1v) is 5.89. The van der Waals surface area contributed by atoms with E-state index in [1.807, 2.05) is 0 Å². The van der Waals surface area contributed by atoms with Crippen LogP contribution in [-0.2, 0) is 0 Å². The lowest BCUT2D eigenvalue weighted by Crippen LogP contribution is -1.96. The number of anilines is 2. The number of halogens is 3. The second-order valence-electron chi connectivity index (χ2n) is 3.68. The number of hydrogen-bond donors (Lipinski definition) is 1. The summed E-state index contributed by atoms with van der Waals surface area (Å²) >= 11 is 11.9. The average molecular weight is 301 g/mol. The SMILES string of the molecule is O=[N+]([O-])c1cc(F)cc(Nc2c(Cl)cccc2Cl)c1. The number of nitrogens with one attached hydrogen (secondary N) is 1. The lowest BCUT2D eigenvalue weighted by atomic mass is 10.2. The topological polar surface area (TPSA) is 55.2 Å². The Balaban J connectivity index is 2.41. The summed E-state index contributed by atoms with van der Waals surface area (Å²) in [6.45, 7) is 0. The van der Waals surface area contributed by atoms with Gasteiger partial charge in [0.2, 0.25) is 0 Å². The van der Waals surface area contributed by atoms with Crippen LogP contribution in [0.2, 0.25) is 10.0 Å². The maximum Gasteiger partial charge on any atom is 0.274 e. The number of non-ortho nitro benzene ring substituents is 1. The van der Waals surface area contributed by atoms with Gasteiger partial charge in [-0.3, -0.25) is 10.1 Å². The largest absolute Gasteiger partial charge is 0.353 e. The van der Waals surface area contributed by atoms with E-state index >= 15 is 0 Å². The quantitative estimate of drug-likeness (QED) is 0.655. The van der Waals surface area contributed by atoms with Crippen LogP contribution in [0.3, 0.4) is 0 Å². The molecular formula is C12H7Cl2FN2O2. The molecule has 0 saturated carbocycles. The van der Waals surface area contributed by atoms with Crippen LogP contribution in [0.4, 0.5) is 21.5 Å². The van der Waals surface area contributed by atoms with Crippen LogP contribution in [-0.4, -0.2) is 4.92 Å². The second kappa shape index (κ2) is 5.42. The van der Waals surface area contributed by atoms with E-state index in [0.717, 1.165) is 12.1 Å². The molecule has 0 aromatic heterocycles. The third kappa shape index (κ3) is 3.13. The molecule has 7 heteroatoms. The highest BCUT2D eigenvalue weighted by Crippen LogP contribution is 2.33. The van der Waals surface area contributed by atoms with E-state index in [0.29, 0.717) is 15.7 Å². The molecule has 0 amide bonds. The van der Waals surface area contributed by atoms with E-state index in [9.17, 15) is 14.5 Å². The first kappa shape index (κ1) is 13.6. The Kier molecular flexibility index (Phi) is 3.87. The van der Waals surface area contributed by atoms with Crippen LogP contribution in [0.15, 0.2) is 36.4 Å². The van der Waals surface area contributed by atoms with Crippen LogP contribution in [0, 0.1) is 15.9 Å². The van der Waals surface area contributed by atoms with Gasteiger partial charge in [-0.15, -0.1) is 0 Å². The maximum absolute atomic E-state index is 13.3. The van der Waals surface area contributed by atoms with Crippen LogP contribution in [0.1, 0.15) is 0 Å².